The molecule has 1 heterocycles. The van der Waals surface area contributed by atoms with E-state index in [9.17, 15) is 4.79 Å². The van der Waals surface area contributed by atoms with E-state index < -0.39 is 0 Å². The molecule has 0 atom stereocenters. The molecule has 0 aromatic heterocycles. The van der Waals surface area contributed by atoms with Crippen molar-refractivity contribution in [1.29, 1.82) is 0 Å². The number of methoxy groups -OCH3 is 2. The van der Waals surface area contributed by atoms with Gasteiger partial charge in [0.25, 0.3) is 0 Å². The first-order chi connectivity index (χ1) is 13.0. The van der Waals surface area contributed by atoms with Gasteiger partial charge in [-0.15, -0.1) is 0 Å². The quantitative estimate of drug-likeness (QED) is 0.893. The SMILES string of the molecule is COc1ccc(N2CCN(C(=O)Nc3cc(C)cc(C)c3)CC2)c(OC)c1. The molecule has 1 aliphatic rings. The van der Waals surface area contributed by atoms with Crippen molar-refractivity contribution in [2.45, 2.75) is 13.8 Å². The molecule has 2 amide bonds. The Morgan fingerprint density at radius 2 is 1.59 bits per heavy atom. The van der Waals surface area contributed by atoms with E-state index in [1.54, 1.807) is 14.2 Å². The molecule has 2 aromatic rings. The van der Waals surface area contributed by atoms with E-state index >= 15 is 0 Å². The first-order valence-electron chi connectivity index (χ1n) is 9.11. The Hall–Kier alpha value is -2.89. The molecular weight excluding hydrogens is 342 g/mol. The third kappa shape index (κ3) is 4.45. The fourth-order valence-electron chi connectivity index (χ4n) is 3.45. The van der Waals surface area contributed by atoms with Gasteiger partial charge in [-0.2, -0.15) is 0 Å². The van der Waals surface area contributed by atoms with Crippen LogP contribution in [0.4, 0.5) is 16.2 Å². The van der Waals surface area contributed by atoms with Crippen molar-refractivity contribution in [1.82, 2.24) is 4.90 Å². The molecule has 0 saturated carbocycles. The normalized spacial score (nSPS) is 14.1. The highest BCUT2D eigenvalue weighted by atomic mass is 16.5. The Morgan fingerprint density at radius 3 is 2.19 bits per heavy atom. The fraction of sp³-hybridized carbons (Fsp3) is 0.381. The Bertz CT molecular complexity index is 794. The van der Waals surface area contributed by atoms with Gasteiger partial charge in [0.2, 0.25) is 0 Å². The molecule has 1 fully saturated rings. The van der Waals surface area contributed by atoms with Crippen molar-refractivity contribution in [2.24, 2.45) is 0 Å². The van der Waals surface area contributed by atoms with Crippen LogP contribution in [0.3, 0.4) is 0 Å². The lowest BCUT2D eigenvalue weighted by atomic mass is 10.1. The zero-order valence-corrected chi connectivity index (χ0v) is 16.4. The first-order valence-corrected chi connectivity index (χ1v) is 9.11. The molecule has 1 aliphatic heterocycles. The van der Waals surface area contributed by atoms with Crippen LogP contribution in [0.5, 0.6) is 11.5 Å². The van der Waals surface area contributed by atoms with E-state index in [-0.39, 0.29) is 6.03 Å². The zero-order chi connectivity index (χ0) is 19.4. The van der Waals surface area contributed by atoms with E-state index in [0.717, 1.165) is 47.1 Å². The van der Waals surface area contributed by atoms with Crippen molar-refractivity contribution in [3.05, 3.63) is 47.5 Å². The predicted molar refractivity (Wildman–Crippen MR) is 108 cm³/mol. The number of nitrogens with one attached hydrogen (secondary N) is 1. The summed E-state index contributed by atoms with van der Waals surface area (Å²) >= 11 is 0. The molecule has 6 nitrogen and oxygen atoms in total. The molecular formula is C21H27N3O3. The summed E-state index contributed by atoms with van der Waals surface area (Å²) in [6.07, 6.45) is 0. The van der Waals surface area contributed by atoms with Crippen LogP contribution in [0.1, 0.15) is 11.1 Å². The van der Waals surface area contributed by atoms with E-state index in [1.165, 1.54) is 0 Å². The van der Waals surface area contributed by atoms with Gasteiger partial charge in [0.15, 0.2) is 0 Å². The second kappa shape index (κ2) is 8.20. The van der Waals surface area contributed by atoms with E-state index in [1.807, 2.05) is 49.1 Å². The molecule has 0 spiro atoms. The number of rotatable bonds is 4. The molecule has 1 N–H and O–H groups in total. The van der Waals surface area contributed by atoms with Crippen LogP contribution in [0.15, 0.2) is 36.4 Å². The standard InChI is InChI=1S/C21H27N3O3/c1-15-11-16(2)13-17(12-15)22-21(25)24-9-7-23(8-10-24)19-6-5-18(26-3)14-20(19)27-4/h5-6,11-14H,7-10H2,1-4H3,(H,22,25). The average molecular weight is 369 g/mol. The molecule has 0 radical (unpaired) electrons. The van der Waals surface area contributed by atoms with Crippen molar-refractivity contribution in [2.75, 3.05) is 50.6 Å². The summed E-state index contributed by atoms with van der Waals surface area (Å²) in [4.78, 5) is 16.7. The number of benzene rings is 2. The molecule has 27 heavy (non-hydrogen) atoms. The largest absolute Gasteiger partial charge is 0.497 e. The highest BCUT2D eigenvalue weighted by Gasteiger charge is 2.23. The average Bonchev–Trinajstić information content (AvgIpc) is 2.66. The summed E-state index contributed by atoms with van der Waals surface area (Å²) in [5.41, 5.74) is 4.15. The Labute approximate surface area is 160 Å². The third-order valence-electron chi connectivity index (χ3n) is 4.77. The lowest BCUT2D eigenvalue weighted by Gasteiger charge is -2.36. The van der Waals surface area contributed by atoms with E-state index in [2.05, 4.69) is 16.3 Å². The maximum Gasteiger partial charge on any atom is 0.321 e. The van der Waals surface area contributed by atoms with Gasteiger partial charge in [-0.1, -0.05) is 6.07 Å². The van der Waals surface area contributed by atoms with Gasteiger partial charge in [0.05, 0.1) is 19.9 Å². The number of amides is 2. The summed E-state index contributed by atoms with van der Waals surface area (Å²) in [7, 11) is 3.30. The maximum absolute atomic E-state index is 12.6. The molecule has 3 rings (SSSR count). The smallest absolute Gasteiger partial charge is 0.321 e. The van der Waals surface area contributed by atoms with Gasteiger partial charge >= 0.3 is 6.03 Å². The summed E-state index contributed by atoms with van der Waals surface area (Å²) in [5, 5.41) is 3.01. The number of carbonyl (C=O) groups is 1. The number of hydrogen-bond acceptors (Lipinski definition) is 4. The maximum atomic E-state index is 12.6. The van der Waals surface area contributed by atoms with Crippen LogP contribution in [0.2, 0.25) is 0 Å². The van der Waals surface area contributed by atoms with Crippen molar-refractivity contribution in [3.63, 3.8) is 0 Å². The van der Waals surface area contributed by atoms with E-state index in [4.69, 9.17) is 9.47 Å². The zero-order valence-electron chi connectivity index (χ0n) is 16.4. The number of urea groups is 1. The Balaban J connectivity index is 1.62. The van der Waals surface area contributed by atoms with Crippen LogP contribution in [-0.4, -0.2) is 51.3 Å². The summed E-state index contributed by atoms with van der Waals surface area (Å²) in [6, 6.07) is 11.8. The summed E-state index contributed by atoms with van der Waals surface area (Å²) in [5.74, 6) is 1.55. The van der Waals surface area contributed by atoms with Gasteiger partial charge in [0.1, 0.15) is 11.5 Å². The van der Waals surface area contributed by atoms with E-state index in [0.29, 0.717) is 13.1 Å². The van der Waals surface area contributed by atoms with Crippen molar-refractivity contribution in [3.8, 4) is 11.5 Å². The molecule has 144 valence electrons. The summed E-state index contributed by atoms with van der Waals surface area (Å²) in [6.45, 7) is 6.89. The second-order valence-electron chi connectivity index (χ2n) is 6.82. The van der Waals surface area contributed by atoms with Gasteiger partial charge in [0, 0.05) is 37.9 Å². The van der Waals surface area contributed by atoms with Crippen LogP contribution in [0, 0.1) is 13.8 Å². The van der Waals surface area contributed by atoms with Crippen LogP contribution in [-0.2, 0) is 0 Å². The lowest BCUT2D eigenvalue weighted by Crippen LogP contribution is -2.50. The Morgan fingerprint density at radius 1 is 0.926 bits per heavy atom. The molecule has 0 bridgehead atoms. The number of nitrogens with zero attached hydrogens (tertiary/aromatic N) is 2. The van der Waals surface area contributed by atoms with Gasteiger partial charge in [-0.3, -0.25) is 0 Å². The number of carbonyl (C=O) groups excluding carboxylic acids is 1. The predicted octanol–water partition coefficient (Wildman–Crippen LogP) is 3.67. The third-order valence-corrected chi connectivity index (χ3v) is 4.77. The second-order valence-corrected chi connectivity index (χ2v) is 6.82. The number of piperazine rings is 1. The summed E-state index contributed by atoms with van der Waals surface area (Å²) < 4.78 is 10.8. The van der Waals surface area contributed by atoms with Gasteiger partial charge in [-0.25, -0.2) is 4.79 Å². The highest BCUT2D eigenvalue weighted by molar-refractivity contribution is 5.89. The van der Waals surface area contributed by atoms with Crippen LogP contribution in [0.25, 0.3) is 0 Å². The van der Waals surface area contributed by atoms with Crippen molar-refractivity contribution >= 4 is 17.4 Å². The topological polar surface area (TPSA) is 54.0 Å². The first kappa shape index (κ1) is 18.9. The molecule has 1 saturated heterocycles. The number of aryl methyl sites for hydroxylation is 2. The fourth-order valence-corrected chi connectivity index (χ4v) is 3.45. The molecule has 2 aromatic carbocycles. The minimum Gasteiger partial charge on any atom is -0.497 e. The number of hydrogen-bond donors (Lipinski definition) is 1. The monoisotopic (exact) mass is 369 g/mol. The minimum absolute atomic E-state index is 0.0543. The van der Waals surface area contributed by atoms with Gasteiger partial charge in [-0.05, 0) is 49.2 Å². The van der Waals surface area contributed by atoms with Crippen LogP contribution < -0.4 is 19.7 Å². The van der Waals surface area contributed by atoms with Crippen LogP contribution >= 0.6 is 0 Å². The highest BCUT2D eigenvalue weighted by Crippen LogP contribution is 2.32. The molecule has 0 aliphatic carbocycles. The van der Waals surface area contributed by atoms with Crippen molar-refractivity contribution < 1.29 is 14.3 Å². The minimum atomic E-state index is -0.0543. The molecule has 6 heteroatoms. The number of ether oxygens (including phenoxy) is 2. The molecule has 0 unspecified atom stereocenters. The Kier molecular flexibility index (Phi) is 5.74. The van der Waals surface area contributed by atoms with Gasteiger partial charge < -0.3 is 24.6 Å². The number of anilines is 2. The lowest BCUT2D eigenvalue weighted by molar-refractivity contribution is 0.208.